The number of carbonyl (C=O) groups is 1. The summed E-state index contributed by atoms with van der Waals surface area (Å²) >= 11 is 0. The molecule has 0 aliphatic carbocycles. The normalized spacial score (nSPS) is 14.5. The molecule has 1 saturated heterocycles. The highest BCUT2D eigenvalue weighted by atomic mass is 16.5. The number of piperazine rings is 1. The van der Waals surface area contributed by atoms with Crippen LogP contribution in [0, 0.1) is 0 Å². The number of amides is 1. The van der Waals surface area contributed by atoms with Crippen molar-refractivity contribution in [2.75, 3.05) is 33.3 Å². The summed E-state index contributed by atoms with van der Waals surface area (Å²) < 4.78 is 10.5. The van der Waals surface area contributed by atoms with Crippen molar-refractivity contribution in [1.82, 2.24) is 19.9 Å². The van der Waals surface area contributed by atoms with E-state index in [1.807, 2.05) is 47.4 Å². The summed E-state index contributed by atoms with van der Waals surface area (Å²) in [5.74, 6) is 2.24. The van der Waals surface area contributed by atoms with Crippen molar-refractivity contribution in [3.8, 4) is 17.1 Å². The molecular weight excluding hydrogens is 392 g/mol. The minimum absolute atomic E-state index is 0.201. The van der Waals surface area contributed by atoms with Crippen molar-refractivity contribution in [3.05, 3.63) is 66.1 Å². The summed E-state index contributed by atoms with van der Waals surface area (Å²) in [6.07, 6.45) is 1.83. The topological polar surface area (TPSA) is 71.7 Å². The number of hydrogen-bond donors (Lipinski definition) is 0. The van der Waals surface area contributed by atoms with Gasteiger partial charge in [-0.3, -0.25) is 9.69 Å². The van der Waals surface area contributed by atoms with Crippen molar-refractivity contribution in [1.29, 1.82) is 0 Å². The van der Waals surface area contributed by atoms with Crippen molar-refractivity contribution in [2.24, 2.45) is 0 Å². The molecule has 7 nitrogen and oxygen atoms in total. The summed E-state index contributed by atoms with van der Waals surface area (Å²) in [7, 11) is 1.68. The fourth-order valence-corrected chi connectivity index (χ4v) is 3.75. The SMILES string of the molecule is COc1ccc(CN2CCN(C(=O)CCCc3nc(-c4ccccc4)no3)CC2)cc1. The van der Waals surface area contributed by atoms with Gasteiger partial charge in [0.25, 0.3) is 0 Å². The minimum atomic E-state index is 0.201. The molecule has 1 aromatic heterocycles. The fourth-order valence-electron chi connectivity index (χ4n) is 3.75. The van der Waals surface area contributed by atoms with Gasteiger partial charge in [-0.1, -0.05) is 47.6 Å². The van der Waals surface area contributed by atoms with Crippen LogP contribution in [0.1, 0.15) is 24.3 Å². The van der Waals surface area contributed by atoms with Gasteiger partial charge in [0.15, 0.2) is 0 Å². The number of hydrogen-bond acceptors (Lipinski definition) is 6. The summed E-state index contributed by atoms with van der Waals surface area (Å²) in [6, 6.07) is 17.9. The van der Waals surface area contributed by atoms with Gasteiger partial charge in [-0.05, 0) is 24.1 Å². The lowest BCUT2D eigenvalue weighted by molar-refractivity contribution is -0.133. The molecule has 3 aromatic rings. The van der Waals surface area contributed by atoms with Crippen molar-refractivity contribution < 1.29 is 14.1 Å². The van der Waals surface area contributed by atoms with Crippen molar-refractivity contribution in [2.45, 2.75) is 25.8 Å². The molecule has 1 aliphatic rings. The maximum Gasteiger partial charge on any atom is 0.226 e. The van der Waals surface area contributed by atoms with Gasteiger partial charge in [-0.15, -0.1) is 0 Å². The van der Waals surface area contributed by atoms with E-state index in [-0.39, 0.29) is 5.91 Å². The molecule has 0 saturated carbocycles. The minimum Gasteiger partial charge on any atom is -0.497 e. The van der Waals surface area contributed by atoms with Gasteiger partial charge in [0.05, 0.1) is 7.11 Å². The second kappa shape index (κ2) is 10.2. The zero-order chi connectivity index (χ0) is 21.5. The molecule has 162 valence electrons. The molecule has 2 heterocycles. The molecule has 1 fully saturated rings. The Balaban J connectivity index is 1.18. The first-order valence-corrected chi connectivity index (χ1v) is 10.7. The molecule has 4 rings (SSSR count). The number of methoxy groups -OCH3 is 1. The number of carbonyl (C=O) groups excluding carboxylic acids is 1. The van der Waals surface area contributed by atoms with Crippen LogP contribution in [0.15, 0.2) is 59.1 Å². The first kappa shape index (κ1) is 21.1. The molecule has 2 aromatic carbocycles. The number of ether oxygens (including phenoxy) is 1. The fraction of sp³-hybridized carbons (Fsp3) is 0.375. The zero-order valence-corrected chi connectivity index (χ0v) is 17.9. The Morgan fingerprint density at radius 2 is 1.77 bits per heavy atom. The standard InChI is InChI=1S/C24H28N4O3/c1-30-21-12-10-19(11-13-21)18-27-14-16-28(17-15-27)23(29)9-5-8-22-25-24(26-31-22)20-6-3-2-4-7-20/h2-4,6-7,10-13H,5,8-9,14-18H2,1H3. The molecule has 1 aliphatic heterocycles. The van der Waals surface area contributed by atoms with Crippen LogP contribution in [0.25, 0.3) is 11.4 Å². The average molecular weight is 421 g/mol. The van der Waals surface area contributed by atoms with E-state index in [0.717, 1.165) is 44.0 Å². The molecule has 0 bridgehead atoms. The lowest BCUT2D eigenvalue weighted by Crippen LogP contribution is -2.48. The average Bonchev–Trinajstić information content (AvgIpc) is 3.29. The number of aryl methyl sites for hydroxylation is 1. The van der Waals surface area contributed by atoms with Crippen LogP contribution in [-0.4, -0.2) is 59.1 Å². The lowest BCUT2D eigenvalue weighted by Gasteiger charge is -2.34. The Hall–Kier alpha value is -3.19. The number of aromatic nitrogens is 2. The quantitative estimate of drug-likeness (QED) is 0.556. The number of benzene rings is 2. The van der Waals surface area contributed by atoms with E-state index in [0.29, 0.717) is 31.0 Å². The summed E-state index contributed by atoms with van der Waals surface area (Å²) in [5.41, 5.74) is 2.19. The highest BCUT2D eigenvalue weighted by Crippen LogP contribution is 2.17. The van der Waals surface area contributed by atoms with Gasteiger partial charge in [-0.25, -0.2) is 0 Å². The number of nitrogens with zero attached hydrogens (tertiary/aromatic N) is 4. The van der Waals surface area contributed by atoms with Gasteiger partial charge in [0, 0.05) is 51.1 Å². The third-order valence-electron chi connectivity index (χ3n) is 5.57. The second-order valence-corrected chi connectivity index (χ2v) is 7.74. The van der Waals surface area contributed by atoms with E-state index in [4.69, 9.17) is 9.26 Å². The lowest BCUT2D eigenvalue weighted by atomic mass is 10.1. The zero-order valence-electron chi connectivity index (χ0n) is 17.9. The predicted molar refractivity (Wildman–Crippen MR) is 118 cm³/mol. The van der Waals surface area contributed by atoms with Crippen molar-refractivity contribution in [3.63, 3.8) is 0 Å². The van der Waals surface area contributed by atoms with Crippen LogP contribution >= 0.6 is 0 Å². The van der Waals surface area contributed by atoms with Crippen molar-refractivity contribution >= 4 is 5.91 Å². The highest BCUT2D eigenvalue weighted by molar-refractivity contribution is 5.76. The molecule has 0 atom stereocenters. The van der Waals surface area contributed by atoms with E-state index in [2.05, 4.69) is 27.2 Å². The first-order valence-electron chi connectivity index (χ1n) is 10.7. The maximum absolute atomic E-state index is 12.6. The van der Waals surface area contributed by atoms with Crippen LogP contribution < -0.4 is 4.74 Å². The maximum atomic E-state index is 12.6. The Bertz CT molecular complexity index is 964. The van der Waals surface area contributed by atoms with Gasteiger partial charge in [-0.2, -0.15) is 4.98 Å². The van der Waals surface area contributed by atoms with Gasteiger partial charge < -0.3 is 14.2 Å². The van der Waals surface area contributed by atoms with E-state index in [1.54, 1.807) is 7.11 Å². The van der Waals surface area contributed by atoms with E-state index in [9.17, 15) is 4.79 Å². The Morgan fingerprint density at radius 1 is 1.03 bits per heavy atom. The van der Waals surface area contributed by atoms with Crippen LogP contribution in [-0.2, 0) is 17.8 Å². The van der Waals surface area contributed by atoms with Crippen LogP contribution in [0.3, 0.4) is 0 Å². The molecule has 0 unspecified atom stereocenters. The smallest absolute Gasteiger partial charge is 0.226 e. The third kappa shape index (κ3) is 5.70. The molecule has 0 radical (unpaired) electrons. The molecule has 0 spiro atoms. The molecule has 0 N–H and O–H groups in total. The van der Waals surface area contributed by atoms with E-state index in [1.165, 1.54) is 5.56 Å². The number of rotatable bonds is 8. The summed E-state index contributed by atoms with van der Waals surface area (Å²) in [6.45, 7) is 4.22. The Kier molecular flexibility index (Phi) is 6.94. The molecule has 7 heteroatoms. The van der Waals surface area contributed by atoms with Crippen LogP contribution in [0.2, 0.25) is 0 Å². The van der Waals surface area contributed by atoms with Crippen LogP contribution in [0.5, 0.6) is 5.75 Å². The predicted octanol–water partition coefficient (Wildman–Crippen LogP) is 3.41. The second-order valence-electron chi connectivity index (χ2n) is 7.74. The Labute approximate surface area is 182 Å². The molecule has 31 heavy (non-hydrogen) atoms. The van der Waals surface area contributed by atoms with Gasteiger partial charge in [0.2, 0.25) is 17.6 Å². The van der Waals surface area contributed by atoms with Crippen LogP contribution in [0.4, 0.5) is 0 Å². The van der Waals surface area contributed by atoms with Gasteiger partial charge >= 0.3 is 0 Å². The third-order valence-corrected chi connectivity index (χ3v) is 5.57. The monoisotopic (exact) mass is 420 g/mol. The summed E-state index contributed by atoms with van der Waals surface area (Å²) in [4.78, 5) is 21.4. The molecular formula is C24H28N4O3. The largest absolute Gasteiger partial charge is 0.497 e. The highest BCUT2D eigenvalue weighted by Gasteiger charge is 2.21. The van der Waals surface area contributed by atoms with Gasteiger partial charge in [0.1, 0.15) is 5.75 Å². The molecule has 1 amide bonds. The summed E-state index contributed by atoms with van der Waals surface area (Å²) in [5, 5.41) is 4.03. The first-order chi connectivity index (χ1) is 15.2. The van der Waals surface area contributed by atoms with E-state index < -0.39 is 0 Å². The van der Waals surface area contributed by atoms with E-state index >= 15 is 0 Å². The Morgan fingerprint density at radius 3 is 2.48 bits per heavy atom.